The number of aromatic nitrogens is 3. The Morgan fingerprint density at radius 3 is 2.58 bits per heavy atom. The van der Waals surface area contributed by atoms with Gasteiger partial charge in [-0.25, -0.2) is 27.2 Å². The predicted molar refractivity (Wildman–Crippen MR) is 167 cm³/mol. The number of nitrogens with zero attached hydrogens (tertiary/aromatic N) is 4. The molecule has 0 radical (unpaired) electrons. The molecule has 2 heterocycles. The zero-order chi connectivity index (χ0) is 30.3. The van der Waals surface area contributed by atoms with Crippen molar-refractivity contribution >= 4 is 52.0 Å². The summed E-state index contributed by atoms with van der Waals surface area (Å²) in [6, 6.07) is 12.6. The number of rotatable bonds is 15. The molecular weight excluding hydrogens is 596 g/mol. The second-order valence-electron chi connectivity index (χ2n) is 9.67. The van der Waals surface area contributed by atoms with Crippen LogP contribution in [-0.2, 0) is 21.2 Å². The Balaban J connectivity index is 0.00000506. The van der Waals surface area contributed by atoms with Crippen molar-refractivity contribution in [3.8, 4) is 11.5 Å². The Bertz CT molecular complexity index is 1630. The zero-order valence-electron chi connectivity index (χ0n) is 23.8. The number of anilines is 2. The van der Waals surface area contributed by atoms with Crippen LogP contribution in [-0.4, -0.2) is 89.9 Å². The van der Waals surface area contributed by atoms with Gasteiger partial charge in [0.1, 0.15) is 12.1 Å². The number of aryl methyl sites for hydroxylation is 1. The molecule has 2 aromatic carbocycles. The van der Waals surface area contributed by atoms with Gasteiger partial charge in [-0.3, -0.25) is 0 Å². The second-order valence-corrected chi connectivity index (χ2v) is 11.5. The molecular formula is C28H36N6O7S2. The molecule has 4 rings (SSSR count). The fraction of sp³-hybridized carbons (Fsp3) is 0.321. The van der Waals surface area contributed by atoms with Gasteiger partial charge in [0.15, 0.2) is 23.8 Å². The lowest BCUT2D eigenvalue weighted by Crippen LogP contribution is -2.38. The predicted octanol–water partition coefficient (Wildman–Crippen LogP) is 2.18. The molecule has 0 fully saturated rings. The molecule has 1 atom stereocenters. The van der Waals surface area contributed by atoms with Crippen LogP contribution in [0.5, 0.6) is 11.5 Å². The number of ether oxygens (including phenoxy) is 2. The van der Waals surface area contributed by atoms with E-state index >= 15 is 0 Å². The third-order valence-electron chi connectivity index (χ3n) is 6.47. The van der Waals surface area contributed by atoms with Crippen molar-refractivity contribution in [2.75, 3.05) is 45.8 Å². The summed E-state index contributed by atoms with van der Waals surface area (Å²) in [7, 11) is -0.624. The van der Waals surface area contributed by atoms with E-state index in [1.165, 1.54) is 29.5 Å². The molecule has 5 N–H and O–H groups in total. The number of aliphatic carboxylic acids is 1. The minimum absolute atomic E-state index is 0. The van der Waals surface area contributed by atoms with Gasteiger partial charge in [0.2, 0.25) is 0 Å². The van der Waals surface area contributed by atoms with E-state index in [-0.39, 0.29) is 42.4 Å². The second kappa shape index (κ2) is 15.0. The molecule has 1 unspecified atom stereocenters. The number of aliphatic hydroxyl groups excluding tert-OH is 1. The summed E-state index contributed by atoms with van der Waals surface area (Å²) >= 11 is 0. The molecule has 13 nitrogen and oxygen atoms in total. The summed E-state index contributed by atoms with van der Waals surface area (Å²) < 4.78 is 39.2. The maximum absolute atomic E-state index is 13.7. The maximum atomic E-state index is 13.7. The summed E-state index contributed by atoms with van der Waals surface area (Å²) in [6.45, 7) is 0.501. The number of benzene rings is 2. The number of nitrogens with one attached hydrogen (secondary N) is 1. The number of carboxylic acids is 1. The fourth-order valence-electron chi connectivity index (χ4n) is 4.51. The summed E-state index contributed by atoms with van der Waals surface area (Å²) in [6.07, 6.45) is 4.02. The molecule has 15 heteroatoms. The third-order valence-corrected chi connectivity index (χ3v) is 8.14. The van der Waals surface area contributed by atoms with Crippen LogP contribution in [0.3, 0.4) is 0 Å². The van der Waals surface area contributed by atoms with Gasteiger partial charge in [-0.2, -0.15) is 13.5 Å². The molecule has 4 aromatic rings. The van der Waals surface area contributed by atoms with Gasteiger partial charge in [-0.1, -0.05) is 18.2 Å². The molecule has 0 bridgehead atoms. The molecule has 0 saturated carbocycles. The van der Waals surface area contributed by atoms with Crippen molar-refractivity contribution in [2.45, 2.75) is 23.8 Å². The Morgan fingerprint density at radius 1 is 1.16 bits per heavy atom. The minimum Gasteiger partial charge on any atom is -0.493 e. The average Bonchev–Trinajstić information content (AvgIpc) is 3.37. The van der Waals surface area contributed by atoms with Crippen LogP contribution in [0.25, 0.3) is 11.0 Å². The van der Waals surface area contributed by atoms with Gasteiger partial charge in [0.25, 0.3) is 10.0 Å². The van der Waals surface area contributed by atoms with E-state index in [9.17, 15) is 18.3 Å². The molecule has 0 spiro atoms. The first-order valence-corrected chi connectivity index (χ1v) is 14.6. The number of fused-ring (bicyclic) bond motifs is 1. The molecule has 0 aliphatic heterocycles. The molecule has 0 aliphatic rings. The molecule has 0 amide bonds. The summed E-state index contributed by atoms with van der Waals surface area (Å²) in [5, 5.41) is 22.0. The van der Waals surface area contributed by atoms with Crippen LogP contribution >= 0.6 is 13.5 Å². The van der Waals surface area contributed by atoms with Gasteiger partial charge in [-0.15, -0.1) is 0 Å². The van der Waals surface area contributed by atoms with E-state index in [0.717, 1.165) is 0 Å². The lowest BCUT2D eigenvalue weighted by atomic mass is 10.1. The highest BCUT2D eigenvalue weighted by Crippen LogP contribution is 2.35. The Hall–Kier alpha value is -3.89. The summed E-state index contributed by atoms with van der Waals surface area (Å²) in [5.41, 5.74) is 7.29. The quantitative estimate of drug-likeness (QED) is 0.150. The van der Waals surface area contributed by atoms with E-state index in [1.54, 1.807) is 42.6 Å². The lowest BCUT2D eigenvalue weighted by Gasteiger charge is -2.19. The summed E-state index contributed by atoms with van der Waals surface area (Å²) in [4.78, 5) is 21.9. The highest BCUT2D eigenvalue weighted by molar-refractivity contribution is 7.90. The fourth-order valence-corrected chi connectivity index (χ4v) is 5.87. The van der Waals surface area contributed by atoms with Crippen molar-refractivity contribution in [3.05, 3.63) is 66.6 Å². The molecule has 0 aliphatic carbocycles. The average molecular weight is 633 g/mol. The van der Waals surface area contributed by atoms with Crippen LogP contribution in [0.2, 0.25) is 0 Å². The van der Waals surface area contributed by atoms with Crippen LogP contribution in [0.4, 0.5) is 11.5 Å². The van der Waals surface area contributed by atoms with E-state index in [0.29, 0.717) is 54.1 Å². The van der Waals surface area contributed by atoms with Crippen LogP contribution in [0, 0.1) is 0 Å². The number of hydrogen-bond acceptors (Lipinski definition) is 11. The Kier molecular flexibility index (Phi) is 11.7. The number of carbonyl (C=O) groups is 1. The largest absolute Gasteiger partial charge is 0.493 e. The number of carboxylic acid groups (broad SMARTS) is 1. The SMILES string of the molecule is COc1ccc(Nc2ncnc3c2c(CCCN(C)CC(N)CO)cn3S(=O)(=O)c2ccccc2)cc1OCC(=O)O.S. The van der Waals surface area contributed by atoms with E-state index in [4.69, 9.17) is 20.3 Å². The minimum atomic E-state index is -3.97. The number of likely N-dealkylation sites (N-methyl/N-ethyl adjacent to an activating group) is 1. The number of methoxy groups -OCH3 is 1. The highest BCUT2D eigenvalue weighted by atomic mass is 32.2. The molecule has 0 saturated heterocycles. The molecule has 2 aromatic heterocycles. The number of aliphatic hydroxyl groups is 1. The van der Waals surface area contributed by atoms with Gasteiger partial charge in [0.05, 0.1) is 24.0 Å². The van der Waals surface area contributed by atoms with Crippen LogP contribution < -0.4 is 20.5 Å². The van der Waals surface area contributed by atoms with Gasteiger partial charge in [-0.05, 0) is 56.3 Å². The van der Waals surface area contributed by atoms with Crippen LogP contribution in [0.15, 0.2) is 66.0 Å². The Morgan fingerprint density at radius 2 is 1.91 bits per heavy atom. The van der Waals surface area contributed by atoms with E-state index in [2.05, 4.69) is 15.3 Å². The van der Waals surface area contributed by atoms with Crippen molar-refractivity contribution in [1.29, 1.82) is 0 Å². The zero-order valence-corrected chi connectivity index (χ0v) is 25.6. The molecule has 232 valence electrons. The first-order chi connectivity index (χ1) is 20.1. The summed E-state index contributed by atoms with van der Waals surface area (Å²) in [5.74, 6) is -0.214. The van der Waals surface area contributed by atoms with E-state index < -0.39 is 22.6 Å². The monoisotopic (exact) mass is 632 g/mol. The number of hydrogen-bond donors (Lipinski definition) is 4. The first-order valence-electron chi connectivity index (χ1n) is 13.1. The first kappa shape index (κ1) is 33.6. The van der Waals surface area contributed by atoms with Crippen LogP contribution in [0.1, 0.15) is 12.0 Å². The van der Waals surface area contributed by atoms with E-state index in [1.807, 2.05) is 11.9 Å². The normalized spacial score (nSPS) is 12.1. The van der Waals surface area contributed by atoms with Gasteiger partial charge in [0, 0.05) is 30.5 Å². The van der Waals surface area contributed by atoms with Gasteiger partial charge >= 0.3 is 5.97 Å². The van der Waals surface area contributed by atoms with Gasteiger partial charge < -0.3 is 35.6 Å². The third kappa shape index (κ3) is 8.14. The Labute approximate surface area is 256 Å². The smallest absolute Gasteiger partial charge is 0.341 e. The highest BCUT2D eigenvalue weighted by Gasteiger charge is 2.24. The lowest BCUT2D eigenvalue weighted by molar-refractivity contribution is -0.139. The molecule has 43 heavy (non-hydrogen) atoms. The van der Waals surface area contributed by atoms with Crippen molar-refractivity contribution in [3.63, 3.8) is 0 Å². The standard InChI is InChI=1S/C28H34N6O7S.H2S/c1-33(15-20(29)16-35)12-6-7-19-14-34(42(38,39)22-8-4-3-5-9-22)28-26(19)27(30-18-31-28)32-21-10-11-23(40-2)24(13-21)41-17-25(36)37;/h3-5,8-11,13-14,18,20,35H,6-7,12,15-17,29H2,1-2H3,(H,36,37)(H,30,31,32);1H2. The van der Waals surface area contributed by atoms with Crippen molar-refractivity contribution in [2.24, 2.45) is 5.73 Å². The number of nitrogens with two attached hydrogens (primary N) is 1. The topological polar surface area (TPSA) is 182 Å². The maximum Gasteiger partial charge on any atom is 0.341 e. The van der Waals surface area contributed by atoms with Crippen molar-refractivity contribution < 1.29 is 32.9 Å². The van der Waals surface area contributed by atoms with Crippen molar-refractivity contribution in [1.82, 2.24) is 18.8 Å².